The second kappa shape index (κ2) is 7.24. The highest BCUT2D eigenvalue weighted by molar-refractivity contribution is 9.10. The molecule has 0 spiro atoms. The molecule has 1 aliphatic rings. The van der Waals surface area contributed by atoms with Crippen LogP contribution in [0.4, 0.5) is 5.69 Å². The number of anilines is 1. The van der Waals surface area contributed by atoms with Crippen LogP contribution in [0.25, 0.3) is 0 Å². The predicted molar refractivity (Wildman–Crippen MR) is 127 cm³/mol. The number of rotatable bonds is 3. The molecule has 156 valence electrons. The van der Waals surface area contributed by atoms with Crippen LogP contribution >= 0.6 is 15.9 Å². The monoisotopic (exact) mass is 483 g/mol. The SMILES string of the molecule is Cc1ccc([C@@]2(C)CC(C)(C)N(S(=O)(=O)c3ccc(Br)cc3)c3ccccc32)cc1. The van der Waals surface area contributed by atoms with Crippen LogP contribution in [-0.2, 0) is 15.4 Å². The van der Waals surface area contributed by atoms with Crippen molar-refractivity contribution in [2.75, 3.05) is 4.31 Å². The predicted octanol–water partition coefficient (Wildman–Crippen LogP) is 6.44. The number of benzene rings is 3. The summed E-state index contributed by atoms with van der Waals surface area (Å²) in [5, 5.41) is 0. The fraction of sp³-hybridized carbons (Fsp3) is 0.280. The standard InChI is InChI=1S/C25H26BrNO2S/c1-18-9-11-19(12-10-18)25(4)17-24(2,3)27(23-8-6-5-7-22(23)25)30(28,29)21-15-13-20(26)14-16-21/h5-16H,17H2,1-4H3/t25-/m1/s1. The van der Waals surface area contributed by atoms with Gasteiger partial charge in [0.15, 0.2) is 0 Å². The van der Waals surface area contributed by atoms with Gasteiger partial charge in [-0.15, -0.1) is 0 Å². The lowest BCUT2D eigenvalue weighted by Crippen LogP contribution is -2.55. The number of nitrogens with zero attached hydrogens (tertiary/aromatic N) is 1. The second-order valence-electron chi connectivity index (χ2n) is 8.93. The first-order valence-corrected chi connectivity index (χ1v) is 12.3. The van der Waals surface area contributed by atoms with Crippen molar-refractivity contribution in [3.8, 4) is 0 Å². The summed E-state index contributed by atoms with van der Waals surface area (Å²) in [7, 11) is -3.73. The first-order chi connectivity index (χ1) is 14.1. The lowest BCUT2D eigenvalue weighted by atomic mass is 9.66. The van der Waals surface area contributed by atoms with Crippen LogP contribution in [0.1, 0.15) is 43.9 Å². The van der Waals surface area contributed by atoms with Gasteiger partial charge in [0.05, 0.1) is 16.1 Å². The lowest BCUT2D eigenvalue weighted by Gasteiger charge is -2.51. The quantitative estimate of drug-likeness (QED) is 0.429. The number of aryl methyl sites for hydroxylation is 1. The number of halogens is 1. The number of sulfonamides is 1. The maximum absolute atomic E-state index is 13.8. The molecule has 4 rings (SSSR count). The number of fused-ring (bicyclic) bond motifs is 1. The van der Waals surface area contributed by atoms with Gasteiger partial charge >= 0.3 is 0 Å². The minimum Gasteiger partial charge on any atom is -0.260 e. The summed E-state index contributed by atoms with van der Waals surface area (Å²) in [5.74, 6) is 0. The molecule has 0 aromatic heterocycles. The number of para-hydroxylation sites is 1. The molecule has 1 atom stereocenters. The van der Waals surface area contributed by atoms with Crippen molar-refractivity contribution in [1.29, 1.82) is 0 Å². The Morgan fingerprint density at radius 1 is 0.867 bits per heavy atom. The molecule has 1 aliphatic heterocycles. The van der Waals surface area contributed by atoms with E-state index in [0.29, 0.717) is 11.3 Å². The molecule has 0 radical (unpaired) electrons. The molecule has 0 bridgehead atoms. The van der Waals surface area contributed by atoms with Crippen LogP contribution in [-0.4, -0.2) is 14.0 Å². The van der Waals surface area contributed by atoms with Gasteiger partial charge in [0.25, 0.3) is 10.0 Å². The molecule has 0 saturated heterocycles. The summed E-state index contributed by atoms with van der Waals surface area (Å²) in [6.07, 6.45) is 0.676. The van der Waals surface area contributed by atoms with Crippen LogP contribution in [0.2, 0.25) is 0 Å². The summed E-state index contributed by atoms with van der Waals surface area (Å²) in [6, 6.07) is 23.3. The van der Waals surface area contributed by atoms with Gasteiger partial charge in [-0.25, -0.2) is 8.42 Å². The first-order valence-electron chi connectivity index (χ1n) is 10.0. The Morgan fingerprint density at radius 2 is 1.47 bits per heavy atom. The molecule has 30 heavy (non-hydrogen) atoms. The summed E-state index contributed by atoms with van der Waals surface area (Å²) < 4.78 is 30.0. The second-order valence-corrected chi connectivity index (χ2v) is 11.6. The molecule has 5 heteroatoms. The topological polar surface area (TPSA) is 37.4 Å². The van der Waals surface area contributed by atoms with E-state index in [4.69, 9.17) is 0 Å². The Kier molecular flexibility index (Phi) is 5.10. The van der Waals surface area contributed by atoms with Gasteiger partial charge in [-0.2, -0.15) is 0 Å². The minimum atomic E-state index is -3.73. The van der Waals surface area contributed by atoms with Gasteiger partial charge in [0, 0.05) is 9.89 Å². The average Bonchev–Trinajstić information content (AvgIpc) is 2.68. The van der Waals surface area contributed by atoms with Crippen molar-refractivity contribution in [1.82, 2.24) is 0 Å². The van der Waals surface area contributed by atoms with E-state index in [0.717, 1.165) is 15.7 Å². The van der Waals surface area contributed by atoms with Gasteiger partial charge < -0.3 is 0 Å². The molecular formula is C25H26BrNO2S. The van der Waals surface area contributed by atoms with E-state index in [2.05, 4.69) is 60.1 Å². The Hall–Kier alpha value is -2.11. The van der Waals surface area contributed by atoms with Crippen molar-refractivity contribution in [2.24, 2.45) is 0 Å². The summed E-state index contributed by atoms with van der Waals surface area (Å²) in [5.41, 5.74) is 3.30. The molecular weight excluding hydrogens is 458 g/mol. The van der Waals surface area contributed by atoms with Gasteiger partial charge in [-0.3, -0.25) is 4.31 Å². The summed E-state index contributed by atoms with van der Waals surface area (Å²) in [6.45, 7) is 8.34. The Labute approximate surface area is 187 Å². The largest absolute Gasteiger partial charge is 0.264 e. The van der Waals surface area contributed by atoms with E-state index < -0.39 is 15.6 Å². The lowest BCUT2D eigenvalue weighted by molar-refractivity contribution is 0.351. The zero-order valence-corrected chi connectivity index (χ0v) is 20.1. The molecule has 0 N–H and O–H groups in total. The van der Waals surface area contributed by atoms with Crippen LogP contribution in [0.5, 0.6) is 0 Å². The van der Waals surface area contributed by atoms with E-state index in [1.165, 1.54) is 11.1 Å². The third kappa shape index (κ3) is 3.38. The summed E-state index contributed by atoms with van der Waals surface area (Å²) >= 11 is 3.39. The van der Waals surface area contributed by atoms with Crippen LogP contribution in [0.15, 0.2) is 82.2 Å². The molecule has 3 nitrogen and oxygen atoms in total. The number of hydrogen-bond donors (Lipinski definition) is 0. The Balaban J connectivity index is 1.93. The van der Waals surface area contributed by atoms with Crippen LogP contribution < -0.4 is 4.31 Å². The zero-order chi connectivity index (χ0) is 21.7. The third-order valence-electron chi connectivity index (χ3n) is 6.09. The Bertz CT molecular complexity index is 1180. The molecule has 0 amide bonds. The van der Waals surface area contributed by atoms with Gasteiger partial charge in [-0.05, 0) is 68.7 Å². The maximum Gasteiger partial charge on any atom is 0.264 e. The molecule has 0 saturated carbocycles. The van der Waals surface area contributed by atoms with Crippen molar-refractivity contribution in [3.05, 3.63) is 94.0 Å². The Morgan fingerprint density at radius 3 is 2.10 bits per heavy atom. The minimum absolute atomic E-state index is 0.292. The fourth-order valence-corrected chi connectivity index (χ4v) is 6.91. The highest BCUT2D eigenvalue weighted by Gasteiger charge is 2.49. The molecule has 0 fully saturated rings. The van der Waals surface area contributed by atoms with E-state index in [-0.39, 0.29) is 5.41 Å². The van der Waals surface area contributed by atoms with E-state index in [9.17, 15) is 8.42 Å². The first kappa shape index (κ1) is 21.1. The summed E-state index contributed by atoms with van der Waals surface area (Å²) in [4.78, 5) is 0.299. The molecule has 3 aromatic rings. The van der Waals surface area contributed by atoms with E-state index in [1.807, 2.05) is 32.0 Å². The molecule has 1 heterocycles. The molecule has 3 aromatic carbocycles. The normalized spacial score (nSPS) is 20.6. The van der Waals surface area contributed by atoms with Crippen molar-refractivity contribution >= 4 is 31.6 Å². The van der Waals surface area contributed by atoms with Crippen LogP contribution in [0.3, 0.4) is 0 Å². The van der Waals surface area contributed by atoms with Gasteiger partial charge in [0.2, 0.25) is 0 Å². The van der Waals surface area contributed by atoms with E-state index in [1.54, 1.807) is 28.6 Å². The van der Waals surface area contributed by atoms with E-state index >= 15 is 0 Å². The van der Waals surface area contributed by atoms with Crippen molar-refractivity contribution < 1.29 is 8.42 Å². The van der Waals surface area contributed by atoms with Gasteiger partial charge in [-0.1, -0.05) is 70.9 Å². The van der Waals surface area contributed by atoms with Gasteiger partial charge in [0.1, 0.15) is 0 Å². The van der Waals surface area contributed by atoms with Crippen molar-refractivity contribution in [2.45, 2.75) is 50.0 Å². The molecule has 0 aliphatic carbocycles. The highest BCUT2D eigenvalue weighted by atomic mass is 79.9. The van der Waals surface area contributed by atoms with Crippen molar-refractivity contribution in [3.63, 3.8) is 0 Å². The maximum atomic E-state index is 13.8. The molecule has 0 unspecified atom stereocenters. The highest BCUT2D eigenvalue weighted by Crippen LogP contribution is 2.52. The smallest absolute Gasteiger partial charge is 0.260 e. The average molecular weight is 484 g/mol. The number of hydrogen-bond acceptors (Lipinski definition) is 2. The fourth-order valence-electron chi connectivity index (χ4n) is 4.82. The van der Waals surface area contributed by atoms with Crippen LogP contribution in [0, 0.1) is 6.92 Å². The third-order valence-corrected chi connectivity index (χ3v) is 8.66. The zero-order valence-electron chi connectivity index (χ0n) is 17.7.